The van der Waals surface area contributed by atoms with E-state index in [2.05, 4.69) is 11.9 Å². The molecule has 4 heteroatoms. The van der Waals surface area contributed by atoms with Gasteiger partial charge in [-0.2, -0.15) is 0 Å². The van der Waals surface area contributed by atoms with E-state index in [9.17, 15) is 9.90 Å². The third-order valence-corrected chi connectivity index (χ3v) is 4.61. The zero-order chi connectivity index (χ0) is 14.4. The zero-order valence-corrected chi connectivity index (χ0v) is 12.4. The number of hydrogen-bond donors (Lipinski definition) is 2. The lowest BCUT2D eigenvalue weighted by Crippen LogP contribution is -2.58. The molecular formula is C16H28N2O2. The van der Waals surface area contributed by atoms with Gasteiger partial charge < -0.3 is 15.3 Å². The maximum absolute atomic E-state index is 12.5. The summed E-state index contributed by atoms with van der Waals surface area (Å²) in [6, 6.07) is 0. The predicted octanol–water partition coefficient (Wildman–Crippen LogP) is 1.70. The highest BCUT2D eigenvalue weighted by Crippen LogP contribution is 2.28. The van der Waals surface area contributed by atoms with E-state index in [1.165, 1.54) is 32.1 Å². The van der Waals surface area contributed by atoms with Crippen LogP contribution in [0.4, 0.5) is 0 Å². The van der Waals surface area contributed by atoms with Crippen molar-refractivity contribution in [2.24, 2.45) is 5.92 Å². The Hall–Kier alpha value is -0.870. The van der Waals surface area contributed by atoms with Crippen molar-refractivity contribution in [1.29, 1.82) is 0 Å². The van der Waals surface area contributed by atoms with Gasteiger partial charge in [-0.1, -0.05) is 25.3 Å². The van der Waals surface area contributed by atoms with Gasteiger partial charge in [-0.15, -0.1) is 6.58 Å². The molecule has 2 aliphatic rings. The second kappa shape index (κ2) is 7.23. The van der Waals surface area contributed by atoms with E-state index in [0.717, 1.165) is 19.5 Å². The summed E-state index contributed by atoms with van der Waals surface area (Å²) in [4.78, 5) is 14.4. The van der Waals surface area contributed by atoms with E-state index in [0.29, 0.717) is 25.4 Å². The number of nitrogens with one attached hydrogen (secondary N) is 1. The average Bonchev–Trinajstić information content (AvgIpc) is 2.46. The van der Waals surface area contributed by atoms with E-state index < -0.39 is 5.60 Å². The minimum Gasteiger partial charge on any atom is -0.379 e. The topological polar surface area (TPSA) is 52.6 Å². The quantitative estimate of drug-likeness (QED) is 0.575. The van der Waals surface area contributed by atoms with E-state index in [1.807, 2.05) is 4.90 Å². The molecule has 1 saturated heterocycles. The van der Waals surface area contributed by atoms with Crippen molar-refractivity contribution < 1.29 is 9.90 Å². The van der Waals surface area contributed by atoms with Crippen LogP contribution in [0.5, 0.6) is 0 Å². The van der Waals surface area contributed by atoms with Crippen LogP contribution >= 0.6 is 0 Å². The number of nitrogens with zero attached hydrogens (tertiary/aromatic N) is 1. The van der Waals surface area contributed by atoms with Crippen LogP contribution < -0.4 is 5.32 Å². The number of hydrogen-bond acceptors (Lipinski definition) is 3. The standard InChI is InChI=1S/C16H28N2O2/c1-2-10-17-13-16(20)9-6-11-18(15(16)19)12-14-7-4-3-5-8-14/h2,14,17,20H,1,3-13H2. The second-order valence-electron chi connectivity index (χ2n) is 6.31. The summed E-state index contributed by atoms with van der Waals surface area (Å²) >= 11 is 0. The van der Waals surface area contributed by atoms with E-state index in [1.54, 1.807) is 6.08 Å². The van der Waals surface area contributed by atoms with E-state index in [4.69, 9.17) is 0 Å². The number of rotatable bonds is 6. The number of amides is 1. The van der Waals surface area contributed by atoms with Gasteiger partial charge >= 0.3 is 0 Å². The van der Waals surface area contributed by atoms with Crippen molar-refractivity contribution in [2.45, 2.75) is 50.5 Å². The lowest BCUT2D eigenvalue weighted by Gasteiger charge is -2.40. The van der Waals surface area contributed by atoms with Crippen molar-refractivity contribution in [2.75, 3.05) is 26.2 Å². The highest BCUT2D eigenvalue weighted by Gasteiger charge is 2.42. The molecule has 0 bridgehead atoms. The first-order valence-corrected chi connectivity index (χ1v) is 7.99. The molecule has 0 spiro atoms. The summed E-state index contributed by atoms with van der Waals surface area (Å²) in [6.45, 7) is 6.23. The van der Waals surface area contributed by atoms with Gasteiger partial charge in [0.25, 0.3) is 5.91 Å². The maximum atomic E-state index is 12.5. The molecule has 1 aliphatic carbocycles. The summed E-state index contributed by atoms with van der Waals surface area (Å²) in [5, 5.41) is 13.7. The fraction of sp³-hybridized carbons (Fsp3) is 0.812. The fourth-order valence-electron chi connectivity index (χ4n) is 3.47. The lowest BCUT2D eigenvalue weighted by molar-refractivity contribution is -0.157. The Kier molecular flexibility index (Phi) is 5.61. The van der Waals surface area contributed by atoms with E-state index >= 15 is 0 Å². The van der Waals surface area contributed by atoms with Gasteiger partial charge in [0.05, 0.1) is 0 Å². The number of carbonyl (C=O) groups excluding carboxylic acids is 1. The van der Waals surface area contributed by atoms with Crippen molar-refractivity contribution in [3.63, 3.8) is 0 Å². The summed E-state index contributed by atoms with van der Waals surface area (Å²) in [7, 11) is 0. The van der Waals surface area contributed by atoms with Crippen LogP contribution in [-0.4, -0.2) is 47.7 Å². The minimum atomic E-state index is -1.21. The first kappa shape index (κ1) is 15.5. The molecule has 0 aromatic carbocycles. The normalized spacial score (nSPS) is 28.6. The highest BCUT2D eigenvalue weighted by atomic mass is 16.3. The lowest BCUT2D eigenvalue weighted by atomic mass is 9.86. The molecule has 2 rings (SSSR count). The van der Waals surface area contributed by atoms with Crippen LogP contribution in [0.2, 0.25) is 0 Å². The smallest absolute Gasteiger partial charge is 0.255 e. The Balaban J connectivity index is 1.89. The second-order valence-corrected chi connectivity index (χ2v) is 6.31. The molecule has 1 unspecified atom stereocenters. The van der Waals surface area contributed by atoms with Gasteiger partial charge in [-0.05, 0) is 31.6 Å². The molecule has 1 amide bonds. The zero-order valence-electron chi connectivity index (χ0n) is 12.4. The molecule has 2 fully saturated rings. The Morgan fingerprint density at radius 1 is 1.35 bits per heavy atom. The van der Waals surface area contributed by atoms with Crippen LogP contribution in [0.3, 0.4) is 0 Å². The fourth-order valence-corrected chi connectivity index (χ4v) is 3.47. The third kappa shape index (κ3) is 3.83. The molecule has 2 N–H and O–H groups in total. The third-order valence-electron chi connectivity index (χ3n) is 4.61. The van der Waals surface area contributed by atoms with Gasteiger partial charge in [0.1, 0.15) is 0 Å². The van der Waals surface area contributed by atoms with Crippen LogP contribution in [0.25, 0.3) is 0 Å². The molecule has 0 aromatic heterocycles. The minimum absolute atomic E-state index is 0.0779. The largest absolute Gasteiger partial charge is 0.379 e. The number of aliphatic hydroxyl groups is 1. The van der Waals surface area contributed by atoms with Crippen LogP contribution in [0, 0.1) is 5.92 Å². The summed E-state index contributed by atoms with van der Waals surface area (Å²) in [5.41, 5.74) is -1.21. The van der Waals surface area contributed by atoms with Gasteiger partial charge in [0, 0.05) is 26.2 Å². The monoisotopic (exact) mass is 280 g/mol. The van der Waals surface area contributed by atoms with Gasteiger partial charge in [0.15, 0.2) is 5.60 Å². The molecule has 1 aliphatic heterocycles. The maximum Gasteiger partial charge on any atom is 0.255 e. The first-order valence-electron chi connectivity index (χ1n) is 7.99. The predicted molar refractivity (Wildman–Crippen MR) is 80.4 cm³/mol. The van der Waals surface area contributed by atoms with Crippen molar-refractivity contribution in [1.82, 2.24) is 10.2 Å². The van der Waals surface area contributed by atoms with Gasteiger partial charge in [-0.25, -0.2) is 0 Å². The molecule has 1 heterocycles. The van der Waals surface area contributed by atoms with Crippen LogP contribution in [-0.2, 0) is 4.79 Å². The molecule has 114 valence electrons. The molecule has 4 nitrogen and oxygen atoms in total. The van der Waals surface area contributed by atoms with E-state index in [-0.39, 0.29) is 5.91 Å². The van der Waals surface area contributed by atoms with Crippen LogP contribution in [0.15, 0.2) is 12.7 Å². The SMILES string of the molecule is C=CCNCC1(O)CCCN(CC2CCCCC2)C1=O. The molecule has 0 aromatic rings. The first-order chi connectivity index (χ1) is 9.65. The van der Waals surface area contributed by atoms with Gasteiger partial charge in [0.2, 0.25) is 0 Å². The van der Waals surface area contributed by atoms with Crippen molar-refractivity contribution in [3.05, 3.63) is 12.7 Å². The highest BCUT2D eigenvalue weighted by molar-refractivity contribution is 5.86. The Bertz CT molecular complexity index is 339. The number of likely N-dealkylation sites (tertiary alicyclic amines) is 1. The Morgan fingerprint density at radius 3 is 2.80 bits per heavy atom. The summed E-state index contributed by atoms with van der Waals surface area (Å²) in [5.74, 6) is 0.557. The molecule has 0 radical (unpaired) electrons. The number of piperidine rings is 1. The average molecular weight is 280 g/mol. The molecular weight excluding hydrogens is 252 g/mol. The number of carbonyl (C=O) groups is 1. The summed E-state index contributed by atoms with van der Waals surface area (Å²) in [6.07, 6.45) is 9.59. The Morgan fingerprint density at radius 2 is 2.10 bits per heavy atom. The molecule has 20 heavy (non-hydrogen) atoms. The molecule has 1 saturated carbocycles. The molecule has 1 atom stereocenters. The van der Waals surface area contributed by atoms with Gasteiger partial charge in [-0.3, -0.25) is 4.79 Å². The Labute approximate surface area is 122 Å². The van der Waals surface area contributed by atoms with Crippen molar-refractivity contribution in [3.8, 4) is 0 Å². The van der Waals surface area contributed by atoms with Crippen molar-refractivity contribution >= 4 is 5.91 Å². The summed E-state index contributed by atoms with van der Waals surface area (Å²) < 4.78 is 0. The van der Waals surface area contributed by atoms with Crippen LogP contribution in [0.1, 0.15) is 44.9 Å².